The molecule has 3 N–H and O–H groups in total. The smallest absolute Gasteiger partial charge is 0.427 e. The molecule has 4 aliphatic rings. The van der Waals surface area contributed by atoms with Gasteiger partial charge in [0.1, 0.15) is 41.0 Å². The molecular formula is C48H60F3N5O10S. The Morgan fingerprint density at radius 2 is 1.69 bits per heavy atom. The van der Waals surface area contributed by atoms with E-state index >= 15 is 4.79 Å². The summed E-state index contributed by atoms with van der Waals surface area (Å²) in [5, 5.41) is 5.83. The van der Waals surface area contributed by atoms with Crippen LogP contribution in [0.15, 0.2) is 60.7 Å². The maximum absolute atomic E-state index is 15.0. The van der Waals surface area contributed by atoms with Crippen molar-refractivity contribution in [3.05, 3.63) is 60.7 Å². The fourth-order valence-electron chi connectivity index (χ4n) is 8.75. The SMILES string of the molecule is COc1ccc2c(OC3CC4C(=O)NC5(C(=O)NS(=O)(=O)C6(C)CC6)CC5C=CCCC(C)CC(C)C(NC(=O)OC(C)(C)C(F)(F)F)C(=O)N4C3)cc(-c3ccc(OC(C)C)cc3)nc2c1. The lowest BCUT2D eigenvalue weighted by Crippen LogP contribution is -2.59. The van der Waals surface area contributed by atoms with Crippen molar-refractivity contribution in [2.45, 2.75) is 140 Å². The lowest BCUT2D eigenvalue weighted by molar-refractivity contribution is -0.244. The summed E-state index contributed by atoms with van der Waals surface area (Å²) in [6.07, 6.45) is -1.53. The van der Waals surface area contributed by atoms with Crippen LogP contribution in [0, 0.1) is 17.8 Å². The summed E-state index contributed by atoms with van der Waals surface area (Å²) in [5.74, 6) is -2.22. The number of pyridine rings is 1. The van der Waals surface area contributed by atoms with Gasteiger partial charge in [-0.3, -0.25) is 19.1 Å². The van der Waals surface area contributed by atoms with Crippen molar-refractivity contribution in [1.29, 1.82) is 0 Å². The lowest BCUT2D eigenvalue weighted by atomic mass is 9.88. The number of halogens is 3. The Labute approximate surface area is 388 Å². The van der Waals surface area contributed by atoms with Crippen LogP contribution in [0.4, 0.5) is 18.0 Å². The molecule has 2 aliphatic heterocycles. The number of sulfonamides is 1. The van der Waals surface area contributed by atoms with Gasteiger partial charge in [0.2, 0.25) is 27.4 Å². The molecule has 0 bridgehead atoms. The van der Waals surface area contributed by atoms with E-state index in [-0.39, 0.29) is 31.4 Å². The van der Waals surface area contributed by atoms with Crippen molar-refractivity contribution < 1.29 is 59.7 Å². The molecule has 7 atom stereocenters. The summed E-state index contributed by atoms with van der Waals surface area (Å²) in [4.78, 5) is 63.4. The number of aromatic nitrogens is 1. The van der Waals surface area contributed by atoms with Gasteiger partial charge in [-0.25, -0.2) is 18.2 Å². The van der Waals surface area contributed by atoms with Gasteiger partial charge in [0.05, 0.1) is 35.7 Å². The Morgan fingerprint density at radius 3 is 2.33 bits per heavy atom. The minimum absolute atomic E-state index is 0.0443. The summed E-state index contributed by atoms with van der Waals surface area (Å²) in [6, 6.07) is 11.5. The number of nitrogens with zero attached hydrogens (tertiary/aromatic N) is 2. The number of amides is 4. The molecule has 0 spiro atoms. The highest BCUT2D eigenvalue weighted by Crippen LogP contribution is 2.48. The molecule has 15 nitrogen and oxygen atoms in total. The second-order valence-corrected chi connectivity index (χ2v) is 21.8. The summed E-state index contributed by atoms with van der Waals surface area (Å²) >= 11 is 0. The van der Waals surface area contributed by atoms with Crippen LogP contribution in [0.3, 0.4) is 0 Å². The summed E-state index contributed by atoms with van der Waals surface area (Å²) < 4.78 is 92.4. The quantitative estimate of drug-likeness (QED) is 0.163. The zero-order valence-electron chi connectivity index (χ0n) is 39.0. The van der Waals surface area contributed by atoms with E-state index in [0.717, 1.165) is 5.56 Å². The first-order chi connectivity index (χ1) is 31.3. The van der Waals surface area contributed by atoms with Gasteiger partial charge in [0, 0.05) is 35.4 Å². The minimum atomic E-state index is -4.93. The highest BCUT2D eigenvalue weighted by Gasteiger charge is 2.63. The lowest BCUT2D eigenvalue weighted by Gasteiger charge is -2.34. The van der Waals surface area contributed by atoms with Crippen molar-refractivity contribution in [2.75, 3.05) is 13.7 Å². The number of fused-ring (bicyclic) bond motifs is 3. The second-order valence-electron chi connectivity index (χ2n) is 19.6. The molecule has 2 aromatic carbocycles. The van der Waals surface area contributed by atoms with Crippen LogP contribution in [-0.2, 0) is 29.1 Å². The Morgan fingerprint density at radius 1 is 1.00 bits per heavy atom. The third-order valence-corrected chi connectivity index (χ3v) is 15.5. The Hall–Kier alpha value is -5.59. The number of carbonyl (C=O) groups is 4. The number of nitrogens with one attached hydrogen (secondary N) is 3. The van der Waals surface area contributed by atoms with Gasteiger partial charge in [-0.05, 0) is 121 Å². The van der Waals surface area contributed by atoms with E-state index in [2.05, 4.69) is 15.4 Å². The van der Waals surface area contributed by atoms with Crippen LogP contribution >= 0.6 is 0 Å². The van der Waals surface area contributed by atoms with E-state index in [0.29, 0.717) is 79.8 Å². The molecule has 1 saturated heterocycles. The molecule has 0 radical (unpaired) electrons. The van der Waals surface area contributed by atoms with Gasteiger partial charge >= 0.3 is 12.3 Å². The maximum atomic E-state index is 15.0. The molecular weight excluding hydrogens is 896 g/mol. The van der Waals surface area contributed by atoms with E-state index < -0.39 is 85.9 Å². The fraction of sp³-hybridized carbons (Fsp3) is 0.562. The number of carbonyl (C=O) groups excluding carboxylic acids is 4. The average molecular weight is 956 g/mol. The number of hydrogen-bond donors (Lipinski definition) is 3. The molecule has 1 aromatic heterocycles. The van der Waals surface area contributed by atoms with Crippen LogP contribution in [0.5, 0.6) is 17.2 Å². The molecule has 7 rings (SSSR count). The van der Waals surface area contributed by atoms with Crippen LogP contribution in [-0.4, -0.2) is 102 Å². The second kappa shape index (κ2) is 18.5. The van der Waals surface area contributed by atoms with E-state index in [9.17, 15) is 36.0 Å². The number of allylic oxidation sites excluding steroid dienone is 1. The fourth-order valence-corrected chi connectivity index (χ4v) is 10.1. The van der Waals surface area contributed by atoms with Gasteiger partial charge < -0.3 is 34.5 Å². The zero-order valence-corrected chi connectivity index (χ0v) is 39.8. The van der Waals surface area contributed by atoms with E-state index in [1.165, 1.54) is 18.9 Å². The molecule has 3 aromatic rings. The average Bonchev–Trinajstić information content (AvgIpc) is 4.13. The number of hydrogen-bond acceptors (Lipinski definition) is 11. The van der Waals surface area contributed by atoms with Gasteiger partial charge in [-0.15, -0.1) is 0 Å². The van der Waals surface area contributed by atoms with Gasteiger partial charge in [0.25, 0.3) is 5.91 Å². The van der Waals surface area contributed by atoms with Crippen LogP contribution in [0.25, 0.3) is 22.2 Å². The van der Waals surface area contributed by atoms with Gasteiger partial charge in [-0.1, -0.05) is 26.0 Å². The summed E-state index contributed by atoms with van der Waals surface area (Å²) in [6.45, 7) is 10.2. The predicted octanol–water partition coefficient (Wildman–Crippen LogP) is 7.37. The van der Waals surface area contributed by atoms with Crippen molar-refractivity contribution in [2.24, 2.45) is 17.8 Å². The Bertz CT molecular complexity index is 2530. The van der Waals surface area contributed by atoms with Crippen LogP contribution < -0.4 is 29.6 Å². The van der Waals surface area contributed by atoms with Gasteiger partial charge in [0.15, 0.2) is 0 Å². The zero-order chi connectivity index (χ0) is 48.9. The molecule has 364 valence electrons. The molecule has 19 heteroatoms. The standard InChI is InChI=1S/C48H60F3N5O10S/c1-27(2)64-32-15-13-30(14-16-32)36-24-39(35-18-17-33(63-8)22-37(35)52-36)65-34-23-38-41(57)54-47(43(59)55-67(61,62)46(7)19-20-46)25-31(47)12-10-9-11-28(3)21-29(4)40(42(58)56(38)26-34)53-44(60)66-45(5,6)48(49,50)51/h10,12-18,22,24,27-29,31,34,38,40H,9,11,19-21,23,25-26H2,1-8H3,(H,53,60)(H,54,57)(H,55,59). The first-order valence-electron chi connectivity index (χ1n) is 22.7. The number of methoxy groups -OCH3 is 1. The van der Waals surface area contributed by atoms with E-state index in [1.807, 2.05) is 51.1 Å². The van der Waals surface area contributed by atoms with Crippen LogP contribution in [0.1, 0.15) is 93.4 Å². The number of alkyl halides is 3. The first kappa shape index (κ1) is 49.3. The van der Waals surface area contributed by atoms with Crippen molar-refractivity contribution in [1.82, 2.24) is 25.2 Å². The molecule has 2 saturated carbocycles. The molecule has 2 aliphatic carbocycles. The van der Waals surface area contributed by atoms with E-state index in [4.69, 9.17) is 23.9 Å². The highest BCUT2D eigenvalue weighted by molar-refractivity contribution is 7.91. The van der Waals surface area contributed by atoms with Crippen molar-refractivity contribution in [3.8, 4) is 28.5 Å². The van der Waals surface area contributed by atoms with E-state index in [1.54, 1.807) is 37.3 Å². The first-order valence-corrected chi connectivity index (χ1v) is 24.2. The molecule has 3 heterocycles. The molecule has 67 heavy (non-hydrogen) atoms. The molecule has 7 unspecified atom stereocenters. The topological polar surface area (TPSA) is 192 Å². The van der Waals surface area contributed by atoms with Crippen LogP contribution in [0.2, 0.25) is 0 Å². The van der Waals surface area contributed by atoms with Crippen molar-refractivity contribution in [3.63, 3.8) is 0 Å². The number of rotatable bonds is 11. The monoisotopic (exact) mass is 955 g/mol. The third-order valence-electron chi connectivity index (χ3n) is 13.3. The maximum Gasteiger partial charge on any atom is 0.427 e. The third kappa shape index (κ3) is 10.6. The van der Waals surface area contributed by atoms with Crippen molar-refractivity contribution >= 4 is 44.7 Å². The highest BCUT2D eigenvalue weighted by atomic mass is 32.2. The summed E-state index contributed by atoms with van der Waals surface area (Å²) in [7, 11) is -2.58. The number of ether oxygens (including phenoxy) is 4. The molecule has 4 amide bonds. The van der Waals surface area contributed by atoms with Gasteiger partial charge in [-0.2, -0.15) is 13.2 Å². The largest absolute Gasteiger partial charge is 0.497 e. The number of benzene rings is 2. The predicted molar refractivity (Wildman–Crippen MR) is 243 cm³/mol. The number of alkyl carbamates (subject to hydrolysis) is 1. The Balaban J connectivity index is 1.26. The normalized spacial score (nSPS) is 26.6. The minimum Gasteiger partial charge on any atom is -0.497 e. The summed E-state index contributed by atoms with van der Waals surface area (Å²) in [5.41, 5.74) is -2.81. The Kier molecular flexibility index (Phi) is 13.6. The molecule has 3 fully saturated rings.